The number of aromatic nitrogens is 1. The number of rotatable bonds is 5. The van der Waals surface area contributed by atoms with Crippen molar-refractivity contribution in [1.82, 2.24) is 20.1 Å². The molecule has 5 nitrogen and oxygen atoms in total. The number of nitrogens with one attached hydrogen (secondary N) is 1. The van der Waals surface area contributed by atoms with E-state index in [0.29, 0.717) is 6.54 Å². The Labute approximate surface area is 147 Å². The number of carbonyl (C=O) groups is 1. The van der Waals surface area contributed by atoms with Crippen LogP contribution >= 0.6 is 11.3 Å². The van der Waals surface area contributed by atoms with Gasteiger partial charge in [0, 0.05) is 62.5 Å². The molecule has 0 spiro atoms. The minimum absolute atomic E-state index is 0.0453. The van der Waals surface area contributed by atoms with Crippen LogP contribution in [0.15, 0.2) is 41.9 Å². The molecular weight excluding hydrogens is 320 g/mol. The van der Waals surface area contributed by atoms with Crippen molar-refractivity contribution in [2.75, 3.05) is 32.7 Å². The number of hydrogen-bond donors (Lipinski definition) is 1. The van der Waals surface area contributed by atoms with E-state index in [4.69, 9.17) is 0 Å². The van der Waals surface area contributed by atoms with Crippen molar-refractivity contribution in [2.24, 2.45) is 0 Å². The van der Waals surface area contributed by atoms with Crippen molar-refractivity contribution in [3.63, 3.8) is 0 Å². The summed E-state index contributed by atoms with van der Waals surface area (Å²) >= 11 is 1.80. The molecule has 2 amide bonds. The summed E-state index contributed by atoms with van der Waals surface area (Å²) in [5.74, 6) is 0. The lowest BCUT2D eigenvalue weighted by molar-refractivity contribution is 0.198. The molecule has 24 heavy (non-hydrogen) atoms. The maximum Gasteiger partial charge on any atom is 0.317 e. The second-order valence-electron chi connectivity index (χ2n) is 6.00. The molecule has 6 heteroatoms. The Hall–Kier alpha value is -1.92. The van der Waals surface area contributed by atoms with Gasteiger partial charge >= 0.3 is 6.03 Å². The molecule has 0 radical (unpaired) electrons. The SMILES string of the molecule is O=C(NCCc1ccccn1)N1CCCN(Cc2cccs2)CC1. The molecule has 128 valence electrons. The van der Waals surface area contributed by atoms with Crippen molar-refractivity contribution < 1.29 is 4.79 Å². The van der Waals surface area contributed by atoms with Gasteiger partial charge in [0.2, 0.25) is 0 Å². The molecule has 0 aromatic carbocycles. The van der Waals surface area contributed by atoms with Gasteiger partial charge in [-0.1, -0.05) is 12.1 Å². The van der Waals surface area contributed by atoms with Crippen LogP contribution in [0.2, 0.25) is 0 Å². The molecule has 0 bridgehead atoms. The van der Waals surface area contributed by atoms with E-state index in [-0.39, 0.29) is 6.03 Å². The van der Waals surface area contributed by atoms with Crippen molar-refractivity contribution in [1.29, 1.82) is 0 Å². The summed E-state index contributed by atoms with van der Waals surface area (Å²) in [6.07, 6.45) is 3.58. The first kappa shape index (κ1) is 16.9. The molecule has 2 aromatic heterocycles. The largest absolute Gasteiger partial charge is 0.338 e. The molecule has 0 aliphatic carbocycles. The molecular formula is C18H24N4OS. The highest BCUT2D eigenvalue weighted by Gasteiger charge is 2.19. The van der Waals surface area contributed by atoms with Gasteiger partial charge in [0.15, 0.2) is 0 Å². The molecule has 1 fully saturated rings. The first-order chi connectivity index (χ1) is 11.8. The van der Waals surface area contributed by atoms with Gasteiger partial charge in [-0.05, 0) is 30.0 Å². The number of hydrogen-bond acceptors (Lipinski definition) is 4. The van der Waals surface area contributed by atoms with Gasteiger partial charge in [0.05, 0.1) is 0 Å². The quantitative estimate of drug-likeness (QED) is 0.907. The Bertz CT molecular complexity index is 617. The summed E-state index contributed by atoms with van der Waals surface area (Å²) in [4.78, 5) is 22.4. The van der Waals surface area contributed by atoms with Crippen LogP contribution in [-0.4, -0.2) is 53.5 Å². The fourth-order valence-corrected chi connectivity index (χ4v) is 3.66. The predicted molar refractivity (Wildman–Crippen MR) is 97.1 cm³/mol. The Morgan fingerprint density at radius 1 is 1.17 bits per heavy atom. The lowest BCUT2D eigenvalue weighted by Gasteiger charge is -2.22. The average Bonchev–Trinajstić information content (AvgIpc) is 3.00. The van der Waals surface area contributed by atoms with Crippen LogP contribution in [0.4, 0.5) is 4.79 Å². The van der Waals surface area contributed by atoms with Gasteiger partial charge in [0.25, 0.3) is 0 Å². The molecule has 3 rings (SSSR count). The van der Waals surface area contributed by atoms with E-state index < -0.39 is 0 Å². The number of pyridine rings is 1. The van der Waals surface area contributed by atoms with Crippen LogP contribution in [0.3, 0.4) is 0 Å². The monoisotopic (exact) mass is 344 g/mol. The number of amides is 2. The molecule has 3 heterocycles. The van der Waals surface area contributed by atoms with Gasteiger partial charge in [-0.25, -0.2) is 4.79 Å². The topological polar surface area (TPSA) is 48.5 Å². The lowest BCUT2D eigenvalue weighted by Crippen LogP contribution is -2.42. The Kier molecular flexibility index (Phi) is 6.20. The third kappa shape index (κ3) is 5.04. The Balaban J connectivity index is 1.41. The van der Waals surface area contributed by atoms with Gasteiger partial charge in [-0.3, -0.25) is 9.88 Å². The zero-order valence-electron chi connectivity index (χ0n) is 13.9. The fraction of sp³-hybridized carbons (Fsp3) is 0.444. The van der Waals surface area contributed by atoms with Crippen LogP contribution in [0.25, 0.3) is 0 Å². The van der Waals surface area contributed by atoms with Crippen molar-refractivity contribution >= 4 is 17.4 Å². The maximum absolute atomic E-state index is 12.3. The van der Waals surface area contributed by atoms with Crippen molar-refractivity contribution in [3.05, 3.63) is 52.5 Å². The standard InChI is InChI=1S/C18H24N4OS/c23-18(20-9-7-16-5-1-2-8-19-16)22-11-4-10-21(12-13-22)15-17-6-3-14-24-17/h1-3,5-6,8,14H,4,7,9-13,15H2,(H,20,23). The Morgan fingerprint density at radius 2 is 2.12 bits per heavy atom. The van der Waals surface area contributed by atoms with Crippen LogP contribution in [0.1, 0.15) is 17.0 Å². The molecule has 1 aliphatic rings. The molecule has 2 aromatic rings. The zero-order chi connectivity index (χ0) is 16.6. The van der Waals surface area contributed by atoms with E-state index in [1.807, 2.05) is 23.1 Å². The minimum atomic E-state index is 0.0453. The highest BCUT2D eigenvalue weighted by molar-refractivity contribution is 7.09. The summed E-state index contributed by atoms with van der Waals surface area (Å²) < 4.78 is 0. The summed E-state index contributed by atoms with van der Waals surface area (Å²) in [7, 11) is 0. The third-order valence-electron chi connectivity index (χ3n) is 4.22. The van der Waals surface area contributed by atoms with E-state index in [0.717, 1.165) is 51.3 Å². The third-order valence-corrected chi connectivity index (χ3v) is 5.08. The van der Waals surface area contributed by atoms with Crippen molar-refractivity contribution in [3.8, 4) is 0 Å². The van der Waals surface area contributed by atoms with Crippen LogP contribution in [-0.2, 0) is 13.0 Å². The van der Waals surface area contributed by atoms with Gasteiger partial charge in [-0.2, -0.15) is 0 Å². The zero-order valence-corrected chi connectivity index (χ0v) is 14.7. The summed E-state index contributed by atoms with van der Waals surface area (Å²) in [5, 5.41) is 5.14. The van der Waals surface area contributed by atoms with Crippen LogP contribution < -0.4 is 5.32 Å². The smallest absolute Gasteiger partial charge is 0.317 e. The van der Waals surface area contributed by atoms with Gasteiger partial charge in [-0.15, -0.1) is 11.3 Å². The molecule has 1 aliphatic heterocycles. The lowest BCUT2D eigenvalue weighted by atomic mass is 10.3. The number of urea groups is 1. The maximum atomic E-state index is 12.3. The normalized spacial score (nSPS) is 15.9. The highest BCUT2D eigenvalue weighted by Crippen LogP contribution is 2.13. The first-order valence-electron chi connectivity index (χ1n) is 8.49. The molecule has 0 unspecified atom stereocenters. The van der Waals surface area contributed by atoms with Crippen LogP contribution in [0.5, 0.6) is 0 Å². The Morgan fingerprint density at radius 3 is 2.92 bits per heavy atom. The number of carbonyl (C=O) groups excluding carboxylic acids is 1. The second kappa shape index (κ2) is 8.80. The number of nitrogens with zero attached hydrogens (tertiary/aromatic N) is 3. The predicted octanol–water partition coefficient (Wildman–Crippen LogP) is 2.60. The summed E-state index contributed by atoms with van der Waals surface area (Å²) in [5.41, 5.74) is 1.01. The van der Waals surface area contributed by atoms with Gasteiger partial charge < -0.3 is 10.2 Å². The minimum Gasteiger partial charge on any atom is -0.338 e. The first-order valence-corrected chi connectivity index (χ1v) is 9.36. The van der Waals surface area contributed by atoms with E-state index in [1.54, 1.807) is 17.5 Å². The molecule has 1 saturated heterocycles. The molecule has 1 N–H and O–H groups in total. The summed E-state index contributed by atoms with van der Waals surface area (Å²) in [6, 6.07) is 10.2. The summed E-state index contributed by atoms with van der Waals surface area (Å²) in [6.45, 7) is 5.23. The van der Waals surface area contributed by atoms with E-state index in [1.165, 1.54) is 4.88 Å². The van der Waals surface area contributed by atoms with E-state index >= 15 is 0 Å². The molecule has 0 saturated carbocycles. The second-order valence-corrected chi connectivity index (χ2v) is 7.03. The van der Waals surface area contributed by atoms with Crippen LogP contribution in [0, 0.1) is 0 Å². The fourth-order valence-electron chi connectivity index (χ4n) is 2.91. The number of thiophene rings is 1. The van der Waals surface area contributed by atoms with Gasteiger partial charge in [0.1, 0.15) is 0 Å². The van der Waals surface area contributed by atoms with E-state index in [9.17, 15) is 4.79 Å². The van der Waals surface area contributed by atoms with E-state index in [2.05, 4.69) is 32.7 Å². The molecule has 0 atom stereocenters. The average molecular weight is 344 g/mol. The van der Waals surface area contributed by atoms with Crippen molar-refractivity contribution in [2.45, 2.75) is 19.4 Å². The highest BCUT2D eigenvalue weighted by atomic mass is 32.1.